The Kier molecular flexibility index (Phi) is 5.81. The highest BCUT2D eigenvalue weighted by molar-refractivity contribution is 5.94. The summed E-state index contributed by atoms with van der Waals surface area (Å²) in [5.41, 5.74) is 4.05. The second-order valence-corrected chi connectivity index (χ2v) is 10.4. The van der Waals surface area contributed by atoms with Crippen molar-refractivity contribution in [2.24, 2.45) is 11.3 Å². The topological polar surface area (TPSA) is 74.4 Å². The third kappa shape index (κ3) is 4.21. The van der Waals surface area contributed by atoms with Gasteiger partial charge in [-0.2, -0.15) is 0 Å². The van der Waals surface area contributed by atoms with Crippen molar-refractivity contribution in [3.8, 4) is 0 Å². The van der Waals surface area contributed by atoms with Crippen molar-refractivity contribution in [2.75, 3.05) is 32.8 Å². The number of rotatable bonds is 5. The van der Waals surface area contributed by atoms with Gasteiger partial charge in [0.15, 0.2) is 0 Å². The standard InChI is InChI=1S/C27H35N3O3/c1-19-16-20(2)29-23(19)25(32)30-12-8-26(9-13-30)17-22(26)24(31)28-18-27(10-14-33-15-11-27)21-6-4-3-5-7-21/h3-7,16,22,29H,8-15,17-18H2,1-2H3,(H,28,31)/t22-/m0/s1. The van der Waals surface area contributed by atoms with Gasteiger partial charge in [-0.3, -0.25) is 9.59 Å². The van der Waals surface area contributed by atoms with E-state index in [2.05, 4.69) is 34.6 Å². The number of likely N-dealkylation sites (tertiary alicyclic amines) is 1. The first-order valence-electron chi connectivity index (χ1n) is 12.3. The number of piperidine rings is 1. The Morgan fingerprint density at radius 3 is 2.42 bits per heavy atom. The summed E-state index contributed by atoms with van der Waals surface area (Å²) in [4.78, 5) is 31.2. The van der Waals surface area contributed by atoms with Crippen LogP contribution in [0, 0.1) is 25.2 Å². The number of amides is 2. The number of hydrogen-bond donors (Lipinski definition) is 2. The van der Waals surface area contributed by atoms with Crippen LogP contribution in [0.4, 0.5) is 0 Å². The Morgan fingerprint density at radius 1 is 1.09 bits per heavy atom. The normalized spacial score (nSPS) is 23.3. The molecule has 5 rings (SSSR count). The van der Waals surface area contributed by atoms with Gasteiger partial charge in [0, 0.05) is 49.9 Å². The van der Waals surface area contributed by atoms with Gasteiger partial charge < -0.3 is 19.9 Å². The second kappa shape index (κ2) is 8.64. The number of ether oxygens (including phenoxy) is 1. The molecule has 3 fully saturated rings. The highest BCUT2D eigenvalue weighted by Gasteiger charge is 2.59. The number of aromatic amines is 1. The Balaban J connectivity index is 1.17. The molecule has 1 aromatic carbocycles. The maximum Gasteiger partial charge on any atom is 0.270 e. The number of hydrogen-bond acceptors (Lipinski definition) is 3. The molecule has 1 aromatic heterocycles. The van der Waals surface area contributed by atoms with E-state index in [1.807, 2.05) is 30.9 Å². The minimum Gasteiger partial charge on any atom is -0.381 e. The molecule has 2 aromatic rings. The summed E-state index contributed by atoms with van der Waals surface area (Å²) in [6.45, 7) is 7.55. The van der Waals surface area contributed by atoms with E-state index in [-0.39, 0.29) is 28.6 Å². The zero-order chi connectivity index (χ0) is 23.1. The number of aryl methyl sites for hydroxylation is 2. The van der Waals surface area contributed by atoms with Crippen LogP contribution >= 0.6 is 0 Å². The van der Waals surface area contributed by atoms with E-state index in [1.54, 1.807) is 0 Å². The summed E-state index contributed by atoms with van der Waals surface area (Å²) in [5, 5.41) is 3.32. The van der Waals surface area contributed by atoms with Crippen LogP contribution < -0.4 is 5.32 Å². The smallest absolute Gasteiger partial charge is 0.270 e. The van der Waals surface area contributed by atoms with Crippen molar-refractivity contribution in [1.82, 2.24) is 15.2 Å². The summed E-state index contributed by atoms with van der Waals surface area (Å²) in [7, 11) is 0. The lowest BCUT2D eigenvalue weighted by Gasteiger charge is -2.38. The van der Waals surface area contributed by atoms with Crippen molar-refractivity contribution in [2.45, 2.75) is 51.4 Å². The molecule has 6 heteroatoms. The molecular weight excluding hydrogens is 414 g/mol. The van der Waals surface area contributed by atoms with Crippen LogP contribution in [0.5, 0.6) is 0 Å². The minimum atomic E-state index is -0.0426. The van der Waals surface area contributed by atoms with Crippen LogP contribution in [0.1, 0.15) is 59.4 Å². The van der Waals surface area contributed by atoms with E-state index in [1.165, 1.54) is 5.56 Å². The highest BCUT2D eigenvalue weighted by atomic mass is 16.5. The van der Waals surface area contributed by atoms with Crippen molar-refractivity contribution >= 4 is 11.8 Å². The van der Waals surface area contributed by atoms with E-state index in [4.69, 9.17) is 4.74 Å². The summed E-state index contributed by atoms with van der Waals surface area (Å²) < 4.78 is 5.63. The molecule has 0 radical (unpaired) electrons. The van der Waals surface area contributed by atoms with E-state index >= 15 is 0 Å². The van der Waals surface area contributed by atoms with Gasteiger partial charge in [0.1, 0.15) is 5.69 Å². The Morgan fingerprint density at radius 2 is 1.79 bits per heavy atom. The fraction of sp³-hybridized carbons (Fsp3) is 0.556. The molecule has 2 N–H and O–H groups in total. The molecule has 3 heterocycles. The average Bonchev–Trinajstić information content (AvgIpc) is 3.43. The number of carbonyl (C=O) groups is 2. The highest BCUT2D eigenvalue weighted by Crippen LogP contribution is 2.59. The second-order valence-electron chi connectivity index (χ2n) is 10.4. The number of carbonyl (C=O) groups excluding carboxylic acids is 2. The quantitative estimate of drug-likeness (QED) is 0.730. The van der Waals surface area contributed by atoms with Gasteiger partial charge in [0.2, 0.25) is 5.91 Å². The number of aromatic nitrogens is 1. The van der Waals surface area contributed by atoms with Gasteiger partial charge in [-0.25, -0.2) is 0 Å². The fourth-order valence-electron chi connectivity index (χ4n) is 6.04. The van der Waals surface area contributed by atoms with Crippen LogP contribution in [0.3, 0.4) is 0 Å². The maximum atomic E-state index is 13.2. The Hall–Kier alpha value is -2.60. The lowest BCUT2D eigenvalue weighted by molar-refractivity contribution is -0.123. The molecule has 2 amide bonds. The zero-order valence-corrected chi connectivity index (χ0v) is 19.8. The van der Waals surface area contributed by atoms with E-state index in [0.717, 1.165) is 69.7 Å². The molecule has 0 bridgehead atoms. The van der Waals surface area contributed by atoms with Gasteiger partial charge >= 0.3 is 0 Å². The molecule has 2 aliphatic heterocycles. The predicted molar refractivity (Wildman–Crippen MR) is 127 cm³/mol. The summed E-state index contributed by atoms with van der Waals surface area (Å²) >= 11 is 0. The van der Waals surface area contributed by atoms with Gasteiger partial charge in [-0.1, -0.05) is 30.3 Å². The summed E-state index contributed by atoms with van der Waals surface area (Å²) in [6.07, 6.45) is 4.63. The molecule has 0 unspecified atom stereocenters. The van der Waals surface area contributed by atoms with Crippen LogP contribution in [0.25, 0.3) is 0 Å². The molecule has 1 atom stereocenters. The first kappa shape index (κ1) is 22.2. The number of H-pyrrole nitrogens is 1. The van der Waals surface area contributed by atoms with Crippen molar-refractivity contribution in [3.05, 3.63) is 58.9 Å². The Bertz CT molecular complexity index is 1010. The molecule has 176 valence electrons. The van der Waals surface area contributed by atoms with E-state index < -0.39 is 0 Å². The first-order chi connectivity index (χ1) is 15.9. The molecule has 1 saturated carbocycles. The lowest BCUT2D eigenvalue weighted by atomic mass is 9.74. The Labute approximate surface area is 196 Å². The predicted octanol–water partition coefficient (Wildman–Crippen LogP) is 3.74. The average molecular weight is 450 g/mol. The van der Waals surface area contributed by atoms with Crippen LogP contribution in [-0.2, 0) is 14.9 Å². The minimum absolute atomic E-state index is 0.0426. The maximum absolute atomic E-state index is 13.2. The van der Waals surface area contributed by atoms with Crippen molar-refractivity contribution in [1.29, 1.82) is 0 Å². The SMILES string of the molecule is Cc1cc(C)c(C(=O)N2CCC3(CC2)C[C@H]3C(=O)NCC2(c3ccccc3)CCOCC2)[nH]1. The molecule has 6 nitrogen and oxygen atoms in total. The number of benzene rings is 1. The molecular formula is C27H35N3O3. The van der Waals surface area contributed by atoms with Gasteiger partial charge in [-0.15, -0.1) is 0 Å². The molecule has 1 spiro atoms. The first-order valence-corrected chi connectivity index (χ1v) is 12.3. The van der Waals surface area contributed by atoms with Gasteiger partial charge in [0.05, 0.1) is 0 Å². The number of nitrogens with one attached hydrogen (secondary N) is 2. The lowest BCUT2D eigenvalue weighted by Crippen LogP contribution is -2.46. The van der Waals surface area contributed by atoms with Crippen LogP contribution in [0.2, 0.25) is 0 Å². The summed E-state index contributed by atoms with van der Waals surface area (Å²) in [5.74, 6) is 0.353. The zero-order valence-electron chi connectivity index (χ0n) is 19.8. The van der Waals surface area contributed by atoms with Gasteiger partial charge in [0.25, 0.3) is 5.91 Å². The molecule has 1 aliphatic carbocycles. The summed E-state index contributed by atoms with van der Waals surface area (Å²) in [6, 6.07) is 12.6. The van der Waals surface area contributed by atoms with E-state index in [9.17, 15) is 9.59 Å². The monoisotopic (exact) mass is 449 g/mol. The third-order valence-electron chi connectivity index (χ3n) is 8.35. The third-order valence-corrected chi connectivity index (χ3v) is 8.35. The van der Waals surface area contributed by atoms with Gasteiger partial charge in [-0.05, 0) is 68.6 Å². The van der Waals surface area contributed by atoms with Crippen molar-refractivity contribution in [3.63, 3.8) is 0 Å². The van der Waals surface area contributed by atoms with E-state index in [0.29, 0.717) is 12.2 Å². The van der Waals surface area contributed by atoms with Crippen LogP contribution in [0.15, 0.2) is 36.4 Å². The molecule has 3 aliphatic rings. The molecule has 2 saturated heterocycles. The largest absolute Gasteiger partial charge is 0.381 e. The van der Waals surface area contributed by atoms with Crippen LogP contribution in [-0.4, -0.2) is 54.5 Å². The molecule has 33 heavy (non-hydrogen) atoms. The fourth-order valence-corrected chi connectivity index (χ4v) is 6.04. The number of nitrogens with zero attached hydrogens (tertiary/aromatic N) is 1. The van der Waals surface area contributed by atoms with Crippen molar-refractivity contribution < 1.29 is 14.3 Å².